The van der Waals surface area contributed by atoms with Crippen LogP contribution in [0.5, 0.6) is 0 Å². The van der Waals surface area contributed by atoms with E-state index in [9.17, 15) is 9.59 Å². The fourth-order valence-corrected chi connectivity index (χ4v) is 2.33. The number of hydrogen-bond acceptors (Lipinski definition) is 4. The van der Waals surface area contributed by atoms with Gasteiger partial charge in [-0.15, -0.1) is 5.10 Å². The average molecular weight is 323 g/mol. The van der Waals surface area contributed by atoms with E-state index in [0.29, 0.717) is 11.3 Å². The van der Waals surface area contributed by atoms with Gasteiger partial charge < -0.3 is 10.2 Å². The van der Waals surface area contributed by atoms with Crippen molar-refractivity contribution in [3.63, 3.8) is 0 Å². The van der Waals surface area contributed by atoms with Crippen molar-refractivity contribution in [1.82, 2.24) is 19.9 Å². The first kappa shape index (κ1) is 15.7. The summed E-state index contributed by atoms with van der Waals surface area (Å²) in [7, 11) is 3.39. The van der Waals surface area contributed by atoms with E-state index in [4.69, 9.17) is 0 Å². The van der Waals surface area contributed by atoms with Crippen molar-refractivity contribution < 1.29 is 9.59 Å². The largest absolute Gasteiger partial charge is 0.345 e. The Kier molecular flexibility index (Phi) is 4.24. The number of rotatable bonds is 4. The van der Waals surface area contributed by atoms with Gasteiger partial charge in [0, 0.05) is 25.3 Å². The van der Waals surface area contributed by atoms with E-state index in [1.54, 1.807) is 43.0 Å². The number of para-hydroxylation sites is 1. The second-order valence-corrected chi connectivity index (χ2v) is 5.56. The molecule has 2 amide bonds. The van der Waals surface area contributed by atoms with Crippen LogP contribution in [0, 0.1) is 0 Å². The summed E-state index contributed by atoms with van der Waals surface area (Å²) in [6.07, 6.45) is 0. The highest BCUT2D eigenvalue weighted by atomic mass is 16.2. The van der Waals surface area contributed by atoms with E-state index in [1.807, 2.05) is 24.3 Å². The summed E-state index contributed by atoms with van der Waals surface area (Å²) >= 11 is 0. The highest BCUT2D eigenvalue weighted by Crippen LogP contribution is 2.12. The van der Waals surface area contributed by atoms with Crippen molar-refractivity contribution in [2.45, 2.75) is 6.54 Å². The molecule has 3 rings (SSSR count). The van der Waals surface area contributed by atoms with Gasteiger partial charge in [-0.2, -0.15) is 0 Å². The monoisotopic (exact) mass is 323 g/mol. The number of nitrogens with zero attached hydrogens (tertiary/aromatic N) is 4. The van der Waals surface area contributed by atoms with Crippen molar-refractivity contribution in [2.75, 3.05) is 19.4 Å². The van der Waals surface area contributed by atoms with Crippen LogP contribution < -0.4 is 5.32 Å². The van der Waals surface area contributed by atoms with E-state index in [0.717, 1.165) is 11.0 Å². The van der Waals surface area contributed by atoms with Gasteiger partial charge in [0.25, 0.3) is 5.91 Å². The summed E-state index contributed by atoms with van der Waals surface area (Å²) < 4.78 is 1.55. The SMILES string of the molecule is CN(C)C(=O)c1ccc(NC(=O)Cn2nnc3ccccc32)cc1. The van der Waals surface area contributed by atoms with Gasteiger partial charge in [0.2, 0.25) is 5.91 Å². The summed E-state index contributed by atoms with van der Waals surface area (Å²) in [5.74, 6) is -0.292. The quantitative estimate of drug-likeness (QED) is 0.793. The minimum absolute atomic E-state index is 0.0683. The summed E-state index contributed by atoms with van der Waals surface area (Å²) in [6.45, 7) is 0.0683. The maximum Gasteiger partial charge on any atom is 0.253 e. The molecule has 0 saturated carbocycles. The highest BCUT2D eigenvalue weighted by molar-refractivity contribution is 5.95. The first-order chi connectivity index (χ1) is 11.5. The molecule has 0 fully saturated rings. The van der Waals surface area contributed by atoms with Crippen molar-refractivity contribution in [1.29, 1.82) is 0 Å². The van der Waals surface area contributed by atoms with Gasteiger partial charge >= 0.3 is 0 Å². The predicted octanol–water partition coefficient (Wildman–Crippen LogP) is 1.77. The number of fused-ring (bicyclic) bond motifs is 1. The Labute approximate surface area is 138 Å². The van der Waals surface area contributed by atoms with E-state index in [2.05, 4.69) is 15.6 Å². The molecule has 3 aromatic rings. The molecular formula is C17H17N5O2. The predicted molar refractivity (Wildman–Crippen MR) is 90.6 cm³/mol. The summed E-state index contributed by atoms with van der Waals surface area (Å²) in [6, 6.07) is 14.2. The van der Waals surface area contributed by atoms with Crippen LogP contribution in [0.2, 0.25) is 0 Å². The normalized spacial score (nSPS) is 10.6. The van der Waals surface area contributed by atoms with Crippen molar-refractivity contribution in [3.05, 3.63) is 54.1 Å². The molecule has 7 nitrogen and oxygen atoms in total. The number of carbonyl (C=O) groups excluding carboxylic acids is 2. The van der Waals surface area contributed by atoms with Crippen LogP contribution in [-0.2, 0) is 11.3 Å². The van der Waals surface area contributed by atoms with Crippen LogP contribution in [0.25, 0.3) is 11.0 Å². The molecule has 122 valence electrons. The second-order valence-electron chi connectivity index (χ2n) is 5.56. The Bertz CT molecular complexity index is 883. The first-order valence-corrected chi connectivity index (χ1v) is 7.44. The van der Waals surface area contributed by atoms with Crippen molar-refractivity contribution in [3.8, 4) is 0 Å². The molecule has 1 heterocycles. The summed E-state index contributed by atoms with van der Waals surface area (Å²) in [4.78, 5) is 25.5. The van der Waals surface area contributed by atoms with Crippen LogP contribution in [0.15, 0.2) is 48.5 Å². The molecule has 1 aromatic heterocycles. The fourth-order valence-electron chi connectivity index (χ4n) is 2.33. The van der Waals surface area contributed by atoms with Gasteiger partial charge in [-0.1, -0.05) is 17.3 Å². The molecule has 0 aliphatic rings. The third kappa shape index (κ3) is 3.24. The molecule has 0 aliphatic carbocycles. The first-order valence-electron chi connectivity index (χ1n) is 7.44. The van der Waals surface area contributed by atoms with Gasteiger partial charge in [-0.25, -0.2) is 4.68 Å². The molecule has 24 heavy (non-hydrogen) atoms. The van der Waals surface area contributed by atoms with E-state index >= 15 is 0 Å². The number of hydrogen-bond donors (Lipinski definition) is 1. The molecule has 0 aliphatic heterocycles. The topological polar surface area (TPSA) is 80.1 Å². The van der Waals surface area contributed by atoms with E-state index < -0.39 is 0 Å². The smallest absolute Gasteiger partial charge is 0.253 e. The molecule has 0 unspecified atom stereocenters. The number of carbonyl (C=O) groups is 2. The Morgan fingerprint density at radius 3 is 2.50 bits per heavy atom. The zero-order chi connectivity index (χ0) is 17.1. The summed E-state index contributed by atoms with van der Waals surface area (Å²) in [5, 5.41) is 10.8. The van der Waals surface area contributed by atoms with Crippen LogP contribution in [-0.4, -0.2) is 45.8 Å². The fraction of sp³-hybridized carbons (Fsp3) is 0.176. The molecule has 1 N–H and O–H groups in total. The van der Waals surface area contributed by atoms with Gasteiger partial charge in [-0.3, -0.25) is 9.59 Å². The standard InChI is InChI=1S/C17H17N5O2/c1-21(2)17(24)12-7-9-13(10-8-12)18-16(23)11-22-15-6-4-3-5-14(15)19-20-22/h3-10H,11H2,1-2H3,(H,18,23). The van der Waals surface area contributed by atoms with Crippen LogP contribution in [0.4, 0.5) is 5.69 Å². The molecule has 7 heteroatoms. The molecule has 0 radical (unpaired) electrons. The Hall–Kier alpha value is -3.22. The number of amides is 2. The molecule has 0 bridgehead atoms. The highest BCUT2D eigenvalue weighted by Gasteiger charge is 2.10. The lowest BCUT2D eigenvalue weighted by atomic mass is 10.2. The molecule has 0 spiro atoms. The number of aromatic nitrogens is 3. The van der Waals surface area contributed by atoms with Crippen molar-refractivity contribution >= 4 is 28.5 Å². The number of nitrogens with one attached hydrogen (secondary N) is 1. The van der Waals surface area contributed by atoms with Gasteiger partial charge in [0.1, 0.15) is 12.1 Å². The second kappa shape index (κ2) is 6.49. The minimum atomic E-state index is -0.211. The average Bonchev–Trinajstić information content (AvgIpc) is 2.98. The Morgan fingerprint density at radius 1 is 1.08 bits per heavy atom. The number of benzene rings is 2. The van der Waals surface area contributed by atoms with Crippen LogP contribution in [0.3, 0.4) is 0 Å². The van der Waals surface area contributed by atoms with E-state index in [1.165, 1.54) is 4.90 Å². The van der Waals surface area contributed by atoms with E-state index in [-0.39, 0.29) is 18.4 Å². The van der Waals surface area contributed by atoms with Crippen LogP contribution in [0.1, 0.15) is 10.4 Å². The Morgan fingerprint density at radius 2 is 1.79 bits per heavy atom. The van der Waals surface area contributed by atoms with Crippen molar-refractivity contribution in [2.24, 2.45) is 0 Å². The lowest BCUT2D eigenvalue weighted by Gasteiger charge is -2.11. The third-order valence-electron chi connectivity index (χ3n) is 3.54. The van der Waals surface area contributed by atoms with Crippen LogP contribution >= 0.6 is 0 Å². The maximum absolute atomic E-state index is 12.2. The summed E-state index contributed by atoms with van der Waals surface area (Å²) in [5.41, 5.74) is 2.75. The zero-order valence-corrected chi connectivity index (χ0v) is 13.4. The maximum atomic E-state index is 12.2. The zero-order valence-electron chi connectivity index (χ0n) is 13.4. The Balaban J connectivity index is 1.68. The molecule has 0 saturated heterocycles. The number of anilines is 1. The minimum Gasteiger partial charge on any atom is -0.345 e. The van der Waals surface area contributed by atoms with Gasteiger partial charge in [-0.05, 0) is 36.4 Å². The molecule has 2 aromatic carbocycles. The third-order valence-corrected chi connectivity index (χ3v) is 3.54. The van der Waals surface area contributed by atoms with Gasteiger partial charge in [0.05, 0.1) is 5.52 Å². The molecular weight excluding hydrogens is 306 g/mol. The van der Waals surface area contributed by atoms with Gasteiger partial charge in [0.15, 0.2) is 0 Å². The molecule has 0 atom stereocenters. The lowest BCUT2D eigenvalue weighted by Crippen LogP contribution is -2.22. The lowest BCUT2D eigenvalue weighted by molar-refractivity contribution is -0.116.